The van der Waals surface area contributed by atoms with Crippen LogP contribution >= 0.6 is 0 Å². The highest BCUT2D eigenvalue weighted by Crippen LogP contribution is 2.28. The molecule has 1 fully saturated rings. The third-order valence-corrected chi connectivity index (χ3v) is 2.89. The molecular weight excluding hydrogens is 194 g/mol. The van der Waals surface area contributed by atoms with Gasteiger partial charge in [0.15, 0.2) is 0 Å². The first-order valence-corrected chi connectivity index (χ1v) is 5.54. The standard InChI is InChI=1S/C11H19NO3/c1-4-9-6-10(12(9)8(3)13)7-15-11(14)5-2/h9-10H,4-7H2,1-3H3. The van der Waals surface area contributed by atoms with E-state index in [-0.39, 0.29) is 17.9 Å². The van der Waals surface area contributed by atoms with Crippen LogP contribution in [0.5, 0.6) is 0 Å². The van der Waals surface area contributed by atoms with Gasteiger partial charge in [-0.15, -0.1) is 0 Å². The quantitative estimate of drug-likeness (QED) is 0.662. The predicted molar refractivity (Wildman–Crippen MR) is 56.3 cm³/mol. The van der Waals surface area contributed by atoms with Crippen molar-refractivity contribution in [3.63, 3.8) is 0 Å². The van der Waals surface area contributed by atoms with Gasteiger partial charge in [-0.2, -0.15) is 0 Å². The molecule has 0 saturated carbocycles. The lowest BCUT2D eigenvalue weighted by Gasteiger charge is -2.47. The van der Waals surface area contributed by atoms with E-state index in [0.29, 0.717) is 19.1 Å². The van der Waals surface area contributed by atoms with E-state index < -0.39 is 0 Å². The number of hydrogen-bond donors (Lipinski definition) is 0. The minimum Gasteiger partial charge on any atom is -0.463 e. The summed E-state index contributed by atoms with van der Waals surface area (Å²) in [6.45, 7) is 5.74. The molecule has 0 spiro atoms. The van der Waals surface area contributed by atoms with Crippen LogP contribution < -0.4 is 0 Å². The Morgan fingerprint density at radius 2 is 2.00 bits per heavy atom. The van der Waals surface area contributed by atoms with Gasteiger partial charge in [-0.05, 0) is 12.8 Å². The second-order valence-corrected chi connectivity index (χ2v) is 3.91. The highest BCUT2D eigenvalue weighted by Gasteiger charge is 2.39. The maximum atomic E-state index is 11.3. The van der Waals surface area contributed by atoms with Crippen molar-refractivity contribution in [2.45, 2.75) is 52.1 Å². The van der Waals surface area contributed by atoms with E-state index in [1.54, 1.807) is 13.8 Å². The van der Waals surface area contributed by atoms with Gasteiger partial charge in [-0.1, -0.05) is 13.8 Å². The molecule has 0 aromatic carbocycles. The minimum atomic E-state index is -0.196. The van der Waals surface area contributed by atoms with Crippen LogP contribution in [0.4, 0.5) is 0 Å². The van der Waals surface area contributed by atoms with Crippen molar-refractivity contribution in [1.82, 2.24) is 4.90 Å². The molecule has 1 aliphatic heterocycles. The van der Waals surface area contributed by atoms with E-state index in [2.05, 4.69) is 6.92 Å². The molecule has 0 N–H and O–H groups in total. The van der Waals surface area contributed by atoms with E-state index >= 15 is 0 Å². The van der Waals surface area contributed by atoms with Crippen molar-refractivity contribution in [1.29, 1.82) is 0 Å². The molecule has 0 aliphatic carbocycles. The molecule has 2 unspecified atom stereocenters. The van der Waals surface area contributed by atoms with Crippen LogP contribution in [0.1, 0.15) is 40.0 Å². The topological polar surface area (TPSA) is 46.6 Å². The molecule has 86 valence electrons. The van der Waals surface area contributed by atoms with Gasteiger partial charge < -0.3 is 9.64 Å². The summed E-state index contributed by atoms with van der Waals surface area (Å²) in [5, 5.41) is 0. The Bertz CT molecular complexity index is 252. The molecule has 1 heterocycles. The summed E-state index contributed by atoms with van der Waals surface area (Å²) in [4.78, 5) is 24.1. The highest BCUT2D eigenvalue weighted by molar-refractivity contribution is 5.75. The lowest BCUT2D eigenvalue weighted by atomic mass is 9.91. The molecule has 0 bridgehead atoms. The van der Waals surface area contributed by atoms with E-state index in [4.69, 9.17) is 4.74 Å². The maximum absolute atomic E-state index is 11.3. The number of esters is 1. The second-order valence-electron chi connectivity index (χ2n) is 3.91. The molecule has 0 aromatic heterocycles. The van der Waals surface area contributed by atoms with Crippen molar-refractivity contribution in [2.24, 2.45) is 0 Å². The Labute approximate surface area is 90.6 Å². The molecule has 1 rings (SSSR count). The van der Waals surface area contributed by atoms with E-state index in [1.807, 2.05) is 4.90 Å². The number of nitrogens with zero attached hydrogens (tertiary/aromatic N) is 1. The van der Waals surface area contributed by atoms with Crippen LogP contribution in [-0.2, 0) is 14.3 Å². The summed E-state index contributed by atoms with van der Waals surface area (Å²) in [5.41, 5.74) is 0. The third-order valence-electron chi connectivity index (χ3n) is 2.89. The molecule has 1 saturated heterocycles. The van der Waals surface area contributed by atoms with E-state index in [9.17, 15) is 9.59 Å². The summed E-state index contributed by atoms with van der Waals surface area (Å²) in [5.74, 6) is -0.121. The first kappa shape index (κ1) is 12.0. The molecule has 2 atom stereocenters. The Morgan fingerprint density at radius 1 is 1.33 bits per heavy atom. The monoisotopic (exact) mass is 213 g/mol. The first-order valence-electron chi connectivity index (χ1n) is 5.54. The van der Waals surface area contributed by atoms with Gasteiger partial charge in [0.05, 0.1) is 6.04 Å². The maximum Gasteiger partial charge on any atom is 0.305 e. The van der Waals surface area contributed by atoms with Crippen LogP contribution in [0, 0.1) is 0 Å². The molecule has 4 heteroatoms. The number of amides is 1. The van der Waals surface area contributed by atoms with Gasteiger partial charge in [-0.3, -0.25) is 9.59 Å². The lowest BCUT2D eigenvalue weighted by molar-refractivity contribution is -0.156. The van der Waals surface area contributed by atoms with Crippen molar-refractivity contribution in [3.05, 3.63) is 0 Å². The summed E-state index contributed by atoms with van der Waals surface area (Å²) in [6, 6.07) is 0.441. The van der Waals surface area contributed by atoms with E-state index in [1.165, 1.54) is 0 Å². The number of rotatable bonds is 4. The summed E-state index contributed by atoms with van der Waals surface area (Å²) in [6.07, 6.45) is 2.31. The average molecular weight is 213 g/mol. The smallest absolute Gasteiger partial charge is 0.305 e. The van der Waals surface area contributed by atoms with Crippen molar-refractivity contribution >= 4 is 11.9 Å². The Morgan fingerprint density at radius 3 is 2.47 bits per heavy atom. The molecular formula is C11H19NO3. The Kier molecular flexibility index (Phi) is 4.12. The summed E-state index contributed by atoms with van der Waals surface area (Å²) >= 11 is 0. The number of carbonyl (C=O) groups excluding carboxylic acids is 2. The Balaban J connectivity index is 2.38. The first-order chi connectivity index (χ1) is 7.10. The zero-order valence-electron chi connectivity index (χ0n) is 9.66. The predicted octanol–water partition coefficient (Wildman–Crippen LogP) is 1.34. The van der Waals surface area contributed by atoms with E-state index in [0.717, 1.165) is 12.8 Å². The van der Waals surface area contributed by atoms with Crippen molar-refractivity contribution in [2.75, 3.05) is 6.61 Å². The SMILES string of the molecule is CCC(=O)OCC1CC(CC)N1C(C)=O. The number of carbonyl (C=O) groups is 2. The molecule has 1 aliphatic rings. The normalized spacial score (nSPS) is 24.6. The van der Waals surface area contributed by atoms with Gasteiger partial charge in [0.25, 0.3) is 0 Å². The summed E-state index contributed by atoms with van der Waals surface area (Å²) < 4.78 is 5.04. The zero-order valence-corrected chi connectivity index (χ0v) is 9.66. The Hall–Kier alpha value is -1.06. The van der Waals surface area contributed by atoms with Gasteiger partial charge >= 0.3 is 5.97 Å². The van der Waals surface area contributed by atoms with Crippen LogP contribution in [0.15, 0.2) is 0 Å². The fourth-order valence-corrected chi connectivity index (χ4v) is 2.02. The van der Waals surface area contributed by atoms with Gasteiger partial charge in [0.2, 0.25) is 5.91 Å². The molecule has 0 aromatic rings. The van der Waals surface area contributed by atoms with Crippen LogP contribution in [-0.4, -0.2) is 35.5 Å². The second kappa shape index (κ2) is 5.14. The molecule has 1 amide bonds. The number of hydrogen-bond acceptors (Lipinski definition) is 3. The molecule has 4 nitrogen and oxygen atoms in total. The van der Waals surface area contributed by atoms with Gasteiger partial charge in [0.1, 0.15) is 6.61 Å². The zero-order chi connectivity index (χ0) is 11.4. The fourth-order valence-electron chi connectivity index (χ4n) is 2.02. The highest BCUT2D eigenvalue weighted by atomic mass is 16.5. The van der Waals surface area contributed by atoms with Gasteiger partial charge in [0, 0.05) is 19.4 Å². The number of ether oxygens (including phenoxy) is 1. The average Bonchev–Trinajstić information content (AvgIpc) is 2.15. The van der Waals surface area contributed by atoms with Crippen LogP contribution in [0.25, 0.3) is 0 Å². The van der Waals surface area contributed by atoms with Crippen LogP contribution in [0.2, 0.25) is 0 Å². The van der Waals surface area contributed by atoms with Crippen molar-refractivity contribution in [3.8, 4) is 0 Å². The van der Waals surface area contributed by atoms with Crippen molar-refractivity contribution < 1.29 is 14.3 Å². The van der Waals surface area contributed by atoms with Crippen LogP contribution in [0.3, 0.4) is 0 Å². The third kappa shape index (κ3) is 2.70. The minimum absolute atomic E-state index is 0.0747. The molecule has 15 heavy (non-hydrogen) atoms. The fraction of sp³-hybridized carbons (Fsp3) is 0.818. The largest absolute Gasteiger partial charge is 0.463 e. The number of likely N-dealkylation sites (tertiary alicyclic amines) is 1. The summed E-state index contributed by atoms with van der Waals surface area (Å²) in [7, 11) is 0. The molecule has 0 radical (unpaired) electrons. The lowest BCUT2D eigenvalue weighted by Crippen LogP contribution is -2.59. The van der Waals surface area contributed by atoms with Gasteiger partial charge in [-0.25, -0.2) is 0 Å².